The summed E-state index contributed by atoms with van der Waals surface area (Å²) >= 11 is 1.00. The maximum Gasteiger partial charge on any atom is 0.325 e. The van der Waals surface area contributed by atoms with Gasteiger partial charge in [-0.2, -0.15) is 0 Å². The zero-order valence-electron chi connectivity index (χ0n) is 15.4. The fraction of sp³-hybridized carbons (Fsp3) is 0.100. The van der Waals surface area contributed by atoms with Crippen molar-refractivity contribution in [3.05, 3.63) is 71.1 Å². The first kappa shape index (κ1) is 21.1. The summed E-state index contributed by atoms with van der Waals surface area (Å²) in [5, 5.41) is 6.37. The number of aromatic nitrogens is 1. The molecule has 0 saturated carbocycles. The minimum Gasteiger partial charge on any atom is -0.454 e. The van der Waals surface area contributed by atoms with Crippen molar-refractivity contribution in [1.82, 2.24) is 10.3 Å². The Morgan fingerprint density at radius 2 is 1.83 bits per heavy atom. The number of carbonyl (C=O) groups is 3. The Hall–Kier alpha value is -3.66. The summed E-state index contributed by atoms with van der Waals surface area (Å²) in [7, 11) is 0. The van der Waals surface area contributed by atoms with Crippen LogP contribution in [0.15, 0.2) is 53.9 Å². The summed E-state index contributed by atoms with van der Waals surface area (Å²) < 4.78 is 31.9. The van der Waals surface area contributed by atoms with E-state index in [4.69, 9.17) is 4.74 Å². The topological polar surface area (TPSA) is 97.4 Å². The molecule has 2 amide bonds. The third kappa shape index (κ3) is 5.67. The Bertz CT molecular complexity index is 1070. The van der Waals surface area contributed by atoms with E-state index in [-0.39, 0.29) is 16.4 Å². The van der Waals surface area contributed by atoms with E-state index in [0.717, 1.165) is 29.5 Å². The fourth-order valence-corrected chi connectivity index (χ4v) is 3.07. The molecule has 0 saturated heterocycles. The van der Waals surface area contributed by atoms with Gasteiger partial charge in [-0.15, -0.1) is 11.3 Å². The lowest BCUT2D eigenvalue weighted by molar-refractivity contribution is -0.146. The largest absolute Gasteiger partial charge is 0.454 e. The number of nitrogens with one attached hydrogen (secondary N) is 2. The molecule has 0 aliphatic heterocycles. The number of hydrogen-bond donors (Lipinski definition) is 2. The minimum atomic E-state index is -0.795. The minimum absolute atomic E-state index is 0.0349. The lowest BCUT2D eigenvalue weighted by Crippen LogP contribution is -2.32. The van der Waals surface area contributed by atoms with E-state index in [2.05, 4.69) is 15.6 Å². The SMILES string of the molecule is O=C(COC(=O)CNC(=O)c1ccccc1)Nc1nc(-c2cc(F)ccc2F)cs1. The van der Waals surface area contributed by atoms with Crippen LogP contribution in [0.2, 0.25) is 0 Å². The smallest absolute Gasteiger partial charge is 0.325 e. The molecule has 7 nitrogen and oxygen atoms in total. The first-order chi connectivity index (χ1) is 14.4. The van der Waals surface area contributed by atoms with Crippen molar-refractivity contribution in [1.29, 1.82) is 0 Å². The van der Waals surface area contributed by atoms with Gasteiger partial charge in [0.15, 0.2) is 11.7 Å². The number of nitrogens with zero attached hydrogens (tertiary/aromatic N) is 1. The summed E-state index contributed by atoms with van der Waals surface area (Å²) in [6.07, 6.45) is 0. The van der Waals surface area contributed by atoms with Crippen molar-refractivity contribution in [2.45, 2.75) is 0 Å². The molecule has 3 aromatic rings. The number of esters is 1. The van der Waals surface area contributed by atoms with Crippen LogP contribution >= 0.6 is 11.3 Å². The highest BCUT2D eigenvalue weighted by Gasteiger charge is 2.14. The summed E-state index contributed by atoms with van der Waals surface area (Å²) in [4.78, 5) is 39.4. The van der Waals surface area contributed by atoms with Crippen LogP contribution in [0.3, 0.4) is 0 Å². The zero-order valence-corrected chi connectivity index (χ0v) is 16.2. The Morgan fingerprint density at radius 3 is 2.60 bits per heavy atom. The number of anilines is 1. The molecule has 0 atom stereocenters. The normalized spacial score (nSPS) is 10.3. The standard InChI is InChI=1S/C20H15F2N3O4S/c21-13-6-7-15(22)14(8-13)16-11-30-20(24-16)25-17(26)10-29-18(27)9-23-19(28)12-4-2-1-3-5-12/h1-8,11H,9-10H2,(H,23,28)(H,24,25,26). The van der Waals surface area contributed by atoms with Crippen LogP contribution in [0.5, 0.6) is 0 Å². The van der Waals surface area contributed by atoms with E-state index >= 15 is 0 Å². The fourth-order valence-electron chi connectivity index (χ4n) is 2.35. The molecule has 0 aliphatic carbocycles. The first-order valence-electron chi connectivity index (χ1n) is 8.62. The number of amides is 2. The summed E-state index contributed by atoms with van der Waals surface area (Å²) in [6.45, 7) is -0.995. The van der Waals surface area contributed by atoms with Crippen molar-refractivity contribution < 1.29 is 27.9 Å². The molecule has 0 spiro atoms. The molecule has 1 heterocycles. The lowest BCUT2D eigenvalue weighted by atomic mass is 10.1. The number of benzene rings is 2. The predicted molar refractivity (Wildman–Crippen MR) is 106 cm³/mol. The lowest BCUT2D eigenvalue weighted by Gasteiger charge is -2.06. The van der Waals surface area contributed by atoms with Gasteiger partial charge < -0.3 is 10.1 Å². The van der Waals surface area contributed by atoms with Gasteiger partial charge in [0.05, 0.1) is 5.69 Å². The van der Waals surface area contributed by atoms with E-state index in [9.17, 15) is 23.2 Å². The van der Waals surface area contributed by atoms with Gasteiger partial charge in [-0.05, 0) is 30.3 Å². The highest BCUT2D eigenvalue weighted by Crippen LogP contribution is 2.27. The Kier molecular flexibility index (Phi) is 6.81. The highest BCUT2D eigenvalue weighted by molar-refractivity contribution is 7.14. The van der Waals surface area contributed by atoms with Crippen molar-refractivity contribution in [2.75, 3.05) is 18.5 Å². The molecule has 10 heteroatoms. The van der Waals surface area contributed by atoms with Crippen LogP contribution in [0, 0.1) is 11.6 Å². The average molecular weight is 431 g/mol. The zero-order chi connectivity index (χ0) is 21.5. The molecular weight excluding hydrogens is 416 g/mol. The van der Waals surface area contributed by atoms with E-state index in [0.29, 0.717) is 5.56 Å². The van der Waals surface area contributed by atoms with E-state index in [1.165, 1.54) is 5.38 Å². The van der Waals surface area contributed by atoms with Gasteiger partial charge in [0, 0.05) is 16.5 Å². The second-order valence-corrected chi connectivity index (χ2v) is 6.78. The molecular formula is C20H15F2N3O4S. The van der Waals surface area contributed by atoms with Crippen molar-refractivity contribution >= 4 is 34.3 Å². The first-order valence-corrected chi connectivity index (χ1v) is 9.50. The highest BCUT2D eigenvalue weighted by atomic mass is 32.1. The van der Waals surface area contributed by atoms with Gasteiger partial charge in [-0.3, -0.25) is 19.7 Å². The molecule has 2 N–H and O–H groups in total. The third-order valence-corrected chi connectivity index (χ3v) is 4.51. The molecule has 154 valence electrons. The third-order valence-electron chi connectivity index (χ3n) is 3.75. The van der Waals surface area contributed by atoms with Crippen molar-refractivity contribution in [2.24, 2.45) is 0 Å². The Balaban J connectivity index is 1.46. The molecule has 0 fully saturated rings. The maximum atomic E-state index is 13.8. The van der Waals surface area contributed by atoms with Gasteiger partial charge in [0.25, 0.3) is 11.8 Å². The Labute approximate surface area is 173 Å². The number of halogens is 2. The van der Waals surface area contributed by atoms with E-state index < -0.39 is 42.6 Å². The van der Waals surface area contributed by atoms with E-state index in [1.54, 1.807) is 30.3 Å². The predicted octanol–water partition coefficient (Wildman–Crippen LogP) is 3.00. The monoisotopic (exact) mass is 431 g/mol. The average Bonchev–Trinajstić information content (AvgIpc) is 3.21. The van der Waals surface area contributed by atoms with Gasteiger partial charge in [-0.1, -0.05) is 18.2 Å². The van der Waals surface area contributed by atoms with Crippen LogP contribution in [-0.4, -0.2) is 35.9 Å². The Morgan fingerprint density at radius 1 is 1.07 bits per heavy atom. The van der Waals surface area contributed by atoms with Gasteiger partial charge >= 0.3 is 5.97 Å². The second-order valence-electron chi connectivity index (χ2n) is 5.92. The summed E-state index contributed by atoms with van der Waals surface area (Å²) in [6, 6.07) is 11.3. The molecule has 0 aliphatic rings. The number of rotatable bonds is 7. The van der Waals surface area contributed by atoms with Gasteiger partial charge in [0.1, 0.15) is 18.2 Å². The van der Waals surface area contributed by atoms with Gasteiger partial charge in [-0.25, -0.2) is 13.8 Å². The van der Waals surface area contributed by atoms with Crippen LogP contribution in [0.1, 0.15) is 10.4 Å². The van der Waals surface area contributed by atoms with Gasteiger partial charge in [0.2, 0.25) is 0 Å². The number of carbonyl (C=O) groups excluding carboxylic acids is 3. The van der Waals surface area contributed by atoms with Crippen LogP contribution < -0.4 is 10.6 Å². The summed E-state index contributed by atoms with van der Waals surface area (Å²) in [5.74, 6) is -3.17. The molecule has 3 rings (SSSR count). The summed E-state index contributed by atoms with van der Waals surface area (Å²) in [5.41, 5.74) is 0.512. The molecule has 2 aromatic carbocycles. The number of hydrogen-bond acceptors (Lipinski definition) is 6. The quantitative estimate of drug-likeness (QED) is 0.561. The molecule has 0 bridgehead atoms. The van der Waals surface area contributed by atoms with Crippen LogP contribution in [0.4, 0.5) is 13.9 Å². The van der Waals surface area contributed by atoms with Crippen LogP contribution in [0.25, 0.3) is 11.3 Å². The molecule has 30 heavy (non-hydrogen) atoms. The van der Waals surface area contributed by atoms with Crippen LogP contribution in [-0.2, 0) is 14.3 Å². The van der Waals surface area contributed by atoms with E-state index in [1.807, 2.05) is 0 Å². The van der Waals surface area contributed by atoms with Crippen molar-refractivity contribution in [3.8, 4) is 11.3 Å². The number of ether oxygens (including phenoxy) is 1. The number of thiazole rings is 1. The van der Waals surface area contributed by atoms with Crippen molar-refractivity contribution in [3.63, 3.8) is 0 Å². The molecule has 1 aromatic heterocycles. The molecule has 0 radical (unpaired) electrons. The maximum absolute atomic E-state index is 13.8. The molecule has 0 unspecified atom stereocenters. The second kappa shape index (κ2) is 9.70.